The van der Waals surface area contributed by atoms with Gasteiger partial charge in [0.25, 0.3) is 5.91 Å². The lowest BCUT2D eigenvalue weighted by molar-refractivity contribution is -0.175. The Kier molecular flexibility index (Phi) is 75.4. The van der Waals surface area contributed by atoms with E-state index < -0.39 is 52.6 Å². The first-order valence-electron chi connectivity index (χ1n) is 29.5. The molecule has 26 heteroatoms. The summed E-state index contributed by atoms with van der Waals surface area (Å²) < 4.78 is 20.8. The van der Waals surface area contributed by atoms with Crippen molar-refractivity contribution in [3.8, 4) is 0 Å². The van der Waals surface area contributed by atoms with Crippen LogP contribution in [0.4, 0.5) is 14.4 Å². The zero-order valence-corrected chi connectivity index (χ0v) is 61.8. The van der Waals surface area contributed by atoms with Crippen molar-refractivity contribution in [2.75, 3.05) is 53.6 Å². The van der Waals surface area contributed by atoms with Gasteiger partial charge in [0, 0.05) is 51.9 Å². The average Bonchev–Trinajstić information content (AvgIpc) is 3.77. The number of likely N-dealkylation sites (N-methyl/N-ethyl adjacent to an activating group) is 1. The monoisotopic (exact) mass is 1470 g/mol. The lowest BCUT2D eigenvalue weighted by Gasteiger charge is -2.36. The first kappa shape index (κ1) is 118. The molecule has 6 fully saturated rings. The van der Waals surface area contributed by atoms with Crippen LogP contribution in [0.2, 0.25) is 0 Å². The van der Waals surface area contributed by atoms with Crippen LogP contribution in [0.5, 0.6) is 0 Å². The zero-order chi connectivity index (χ0) is 60.3. The summed E-state index contributed by atoms with van der Waals surface area (Å²) in [4.78, 5) is 90.4. The van der Waals surface area contributed by atoms with E-state index in [4.69, 9.17) is 28.9 Å². The molecule has 5 aliphatic heterocycles. The van der Waals surface area contributed by atoms with Crippen LogP contribution < -0.4 is 5.32 Å². The number of likely N-dealkylation sites (tertiary alicyclic amines) is 3. The smallest absolute Gasteiger partial charge is 0.411 e. The summed E-state index contributed by atoms with van der Waals surface area (Å²) in [6.07, 6.45) is 18.2. The number of nitrogens with zero attached hydrogens (tertiary/aromatic N) is 4. The van der Waals surface area contributed by atoms with Crippen molar-refractivity contribution in [2.45, 2.75) is 296 Å². The quantitative estimate of drug-likeness (QED) is 0.170. The van der Waals surface area contributed by atoms with Crippen molar-refractivity contribution in [1.29, 1.82) is 0 Å². The Labute approximate surface area is 615 Å². The summed E-state index contributed by atoms with van der Waals surface area (Å²) in [5.74, 6) is -0.308. The number of aliphatic hydroxyl groups is 1. The third-order valence-corrected chi connectivity index (χ3v) is 14.4. The SMILES string of the molecule is C.C.C.C.C.C.C1CCOC1.CC(=O)C1CCCCC1.CC(=O)[C@@H]1CCCCN1C(=O)OC(C)(C)C.CC(C)(C)OC(=O)N1CCCC[C@H]1C(=O)O.CON(C)C(=O)[C@@H]1CCCCN1C(=O)OC(C)(C)C.C[C@](O)(c1ccccc1)[C@@H]1CCCCN1.Cl.S.S.S.S.S.S. The van der Waals surface area contributed by atoms with E-state index in [0.717, 1.165) is 94.6 Å². The van der Waals surface area contributed by atoms with Gasteiger partial charge in [-0.2, -0.15) is 81.0 Å². The number of hydroxylamine groups is 2. The van der Waals surface area contributed by atoms with E-state index in [1.54, 1.807) is 39.6 Å². The molecule has 93 heavy (non-hydrogen) atoms. The number of carbonyl (C=O) groups excluding carboxylic acids is 6. The molecule has 6 aliphatic rings. The highest BCUT2D eigenvalue weighted by atomic mass is 35.5. The highest BCUT2D eigenvalue weighted by Crippen LogP contribution is 2.30. The number of halogens is 1. The summed E-state index contributed by atoms with van der Waals surface area (Å²) in [7, 11) is 2.97. The predicted molar refractivity (Wildman–Crippen MR) is 419 cm³/mol. The molecule has 7 rings (SSSR count). The summed E-state index contributed by atoms with van der Waals surface area (Å²) >= 11 is 0. The van der Waals surface area contributed by atoms with Crippen molar-refractivity contribution >= 4 is 135 Å². The van der Waals surface area contributed by atoms with Gasteiger partial charge in [0.15, 0.2) is 5.78 Å². The molecule has 0 aromatic heterocycles. The fraction of sp³-hybridized carbons (Fsp3) is 0.806. The number of aliphatic carboxylic acids is 1. The van der Waals surface area contributed by atoms with Gasteiger partial charge in [-0.25, -0.2) is 24.2 Å². The number of piperidine rings is 4. The second-order valence-electron chi connectivity index (χ2n) is 24.8. The maximum Gasteiger partial charge on any atom is 0.411 e. The third-order valence-electron chi connectivity index (χ3n) is 14.4. The van der Waals surface area contributed by atoms with E-state index in [2.05, 4.69) is 5.32 Å². The Bertz CT molecular complexity index is 1990. The number of nitrogens with one attached hydrogen (secondary N) is 1. The van der Waals surface area contributed by atoms with Crippen LogP contribution in [-0.2, 0) is 48.6 Å². The maximum atomic E-state index is 12.2. The molecule has 5 atom stereocenters. The molecule has 1 aromatic carbocycles. The van der Waals surface area contributed by atoms with Gasteiger partial charge < -0.3 is 34.5 Å². The predicted octanol–water partition coefficient (Wildman–Crippen LogP) is 15.9. The number of ketones is 2. The molecule has 0 unspecified atom stereocenters. The average molecular weight is 1470 g/mol. The largest absolute Gasteiger partial charge is 0.480 e. The lowest BCUT2D eigenvalue weighted by Crippen LogP contribution is -2.53. The number of benzene rings is 1. The summed E-state index contributed by atoms with van der Waals surface area (Å²) in [6.45, 7) is 26.1. The van der Waals surface area contributed by atoms with E-state index in [-0.39, 0.29) is 168 Å². The number of rotatable bonds is 7. The number of carbonyl (C=O) groups is 7. The Balaban J connectivity index is -0.0000000844. The van der Waals surface area contributed by atoms with Crippen LogP contribution in [0.3, 0.4) is 0 Å². The van der Waals surface area contributed by atoms with Crippen LogP contribution in [0.25, 0.3) is 0 Å². The summed E-state index contributed by atoms with van der Waals surface area (Å²) in [5.41, 5.74) is -1.39. The Morgan fingerprint density at radius 2 is 0.860 bits per heavy atom. The van der Waals surface area contributed by atoms with Gasteiger partial charge in [0.1, 0.15) is 40.3 Å². The molecule has 562 valence electrons. The van der Waals surface area contributed by atoms with Crippen LogP contribution in [-0.4, -0.2) is 166 Å². The van der Waals surface area contributed by atoms with Crippen LogP contribution in [0.1, 0.15) is 255 Å². The summed E-state index contributed by atoms with van der Waals surface area (Å²) in [6, 6.07) is 8.61. The molecule has 5 heterocycles. The Morgan fingerprint density at radius 3 is 1.17 bits per heavy atom. The molecule has 4 amide bonds. The standard InChI is InChI=1S/C13H24N2O4.C13H19NO.C12H21NO3.C11H19NO4.C8H14O.C4H8O.6CH4.ClH.6H2S/c1-13(2,3)19-12(17)15-9-7-6-8-10(15)11(16)14(4)18-5;1-13(15,11-7-3-2-4-8-11)12-9-5-6-10-14-12;1-9(14)10-7-5-6-8-13(10)11(15)16-12(2,3)4;1-11(2,3)16-10(15)12-7-5-4-6-8(12)9(13)14;1-7(9)8-5-3-2-4-6-8;1-2-4-5-3-1;;;;;;;;;;;;;/h10H,6-9H2,1-5H3;2-4,7-8,12,14-15H,5-6,9-10H2,1H3;10H,5-8H2,1-4H3;8H,4-7H2,1-3H3,(H,13,14);8H,2-6H2,1H3;1-4H2;6*1H4;1H;6*1H2/t10-;12-,13-;10-;8-;;;;;;;;;;;;;;;/m0000.............../s1. The molecule has 1 saturated carbocycles. The van der Waals surface area contributed by atoms with Gasteiger partial charge in [0.2, 0.25) is 0 Å². The minimum absolute atomic E-state index is 0. The van der Waals surface area contributed by atoms with E-state index in [0.29, 0.717) is 44.2 Å². The van der Waals surface area contributed by atoms with Crippen molar-refractivity contribution in [1.82, 2.24) is 25.1 Å². The zero-order valence-electron chi connectivity index (χ0n) is 54.9. The molecular formula is C67H142ClN5O14S6. The van der Waals surface area contributed by atoms with Gasteiger partial charge in [0.05, 0.1) is 13.2 Å². The van der Waals surface area contributed by atoms with Gasteiger partial charge in [-0.05, 0) is 192 Å². The fourth-order valence-electron chi connectivity index (χ4n) is 9.98. The number of carboxylic acids is 1. The number of carboxylic acid groups (broad SMARTS) is 1. The maximum absolute atomic E-state index is 12.2. The molecule has 1 aromatic rings. The highest BCUT2D eigenvalue weighted by molar-refractivity contribution is 7.60. The first-order chi connectivity index (χ1) is 37.4. The number of Topliss-reactive ketones (excluding diaryl/α,β-unsaturated/α-hetero) is 2. The number of hydrogen-bond donors (Lipinski definition) is 3. The Morgan fingerprint density at radius 1 is 0.505 bits per heavy atom. The Hall–Kier alpha value is -2.46. The normalized spacial score (nSPS) is 19.2. The topological polar surface area (TPSA) is 231 Å². The van der Waals surface area contributed by atoms with Crippen molar-refractivity contribution in [2.24, 2.45) is 5.92 Å². The first-order valence-corrected chi connectivity index (χ1v) is 29.5. The molecule has 5 saturated heterocycles. The number of hydrogen-bond acceptors (Lipinski definition) is 14. The van der Waals surface area contributed by atoms with Crippen molar-refractivity contribution in [3.63, 3.8) is 0 Å². The van der Waals surface area contributed by atoms with E-state index in [9.17, 15) is 38.7 Å². The molecule has 0 spiro atoms. The number of amides is 4. The second-order valence-corrected chi connectivity index (χ2v) is 24.8. The van der Waals surface area contributed by atoms with Gasteiger partial charge >= 0.3 is 24.2 Å². The van der Waals surface area contributed by atoms with Gasteiger partial charge in [-0.3, -0.25) is 33.9 Å². The van der Waals surface area contributed by atoms with Gasteiger partial charge in [-0.15, -0.1) is 12.4 Å². The highest BCUT2D eigenvalue weighted by Gasteiger charge is 2.38. The van der Waals surface area contributed by atoms with E-state index >= 15 is 0 Å². The minimum Gasteiger partial charge on any atom is -0.480 e. The van der Waals surface area contributed by atoms with E-state index in [1.165, 1.54) is 68.8 Å². The molecule has 3 N–H and O–H groups in total. The molecule has 1 aliphatic carbocycles. The third kappa shape index (κ3) is 47.2. The van der Waals surface area contributed by atoms with Crippen molar-refractivity contribution in [3.05, 3.63) is 35.9 Å². The summed E-state index contributed by atoms with van der Waals surface area (Å²) in [5, 5.41) is 24.1. The van der Waals surface area contributed by atoms with Crippen LogP contribution >= 0.6 is 93.4 Å². The van der Waals surface area contributed by atoms with Gasteiger partial charge in [-0.1, -0.05) is 101 Å². The van der Waals surface area contributed by atoms with Crippen molar-refractivity contribution < 1.29 is 67.6 Å². The molecule has 19 nitrogen and oxygen atoms in total. The molecule has 0 radical (unpaired) electrons. The molecule has 0 bridgehead atoms. The van der Waals surface area contributed by atoms with E-state index in [1.807, 2.05) is 78.8 Å². The fourth-order valence-corrected chi connectivity index (χ4v) is 9.98. The second kappa shape index (κ2) is 59.6. The van der Waals surface area contributed by atoms with Crippen LogP contribution in [0.15, 0.2) is 30.3 Å². The molecular weight excluding hydrogens is 1330 g/mol. The minimum atomic E-state index is -0.953. The van der Waals surface area contributed by atoms with Crippen LogP contribution in [0, 0.1) is 5.92 Å². The lowest BCUT2D eigenvalue weighted by atomic mass is 9.84. The number of ether oxygens (including phenoxy) is 4.